The Kier molecular flexibility index (Phi) is 10.8. The molecule has 1 aromatic rings. The highest BCUT2D eigenvalue weighted by atomic mass is 127. The van der Waals surface area contributed by atoms with Crippen molar-refractivity contribution in [1.82, 2.24) is 20.4 Å². The van der Waals surface area contributed by atoms with Gasteiger partial charge in [-0.2, -0.15) is 0 Å². The number of rotatable bonds is 7. The molecule has 1 aliphatic heterocycles. The van der Waals surface area contributed by atoms with E-state index in [1.54, 1.807) is 21.1 Å². The normalized spacial score (nSPS) is 16.1. The number of guanidine groups is 1. The molecule has 29 heavy (non-hydrogen) atoms. The van der Waals surface area contributed by atoms with Crippen molar-refractivity contribution < 1.29 is 14.3 Å². The molecule has 0 spiro atoms. The quantitative estimate of drug-likeness (QED) is 0.325. The van der Waals surface area contributed by atoms with Gasteiger partial charge in [-0.1, -0.05) is 19.1 Å². The Morgan fingerprint density at radius 3 is 2.76 bits per heavy atom. The number of nitrogens with zero attached hydrogens (tertiary/aromatic N) is 3. The molecule has 1 unspecified atom stereocenters. The van der Waals surface area contributed by atoms with Crippen LogP contribution in [-0.4, -0.2) is 74.5 Å². The van der Waals surface area contributed by atoms with Crippen molar-refractivity contribution >= 4 is 41.8 Å². The fourth-order valence-corrected chi connectivity index (χ4v) is 2.92. The monoisotopic (exact) mass is 517 g/mol. The van der Waals surface area contributed by atoms with E-state index in [0.717, 1.165) is 18.5 Å². The van der Waals surface area contributed by atoms with Gasteiger partial charge in [0.05, 0.1) is 0 Å². The van der Waals surface area contributed by atoms with Crippen molar-refractivity contribution in [1.29, 1.82) is 0 Å². The maximum atomic E-state index is 11.8. The second-order valence-electron chi connectivity index (χ2n) is 6.97. The smallest absolute Gasteiger partial charge is 0.259 e. The van der Waals surface area contributed by atoms with Crippen LogP contribution in [0.2, 0.25) is 0 Å². The first kappa shape index (κ1) is 25.0. The van der Waals surface area contributed by atoms with E-state index < -0.39 is 0 Å². The van der Waals surface area contributed by atoms with E-state index in [4.69, 9.17) is 4.74 Å². The van der Waals surface area contributed by atoms with E-state index in [1.807, 2.05) is 36.1 Å². The number of carbonyl (C=O) groups excluding carboxylic acids is 2. The lowest BCUT2D eigenvalue weighted by molar-refractivity contribution is -0.131. The number of amides is 2. The van der Waals surface area contributed by atoms with Crippen LogP contribution in [0.1, 0.15) is 25.3 Å². The molecule has 2 amide bonds. The van der Waals surface area contributed by atoms with Gasteiger partial charge in [0, 0.05) is 53.2 Å². The van der Waals surface area contributed by atoms with Crippen LogP contribution in [0.25, 0.3) is 0 Å². The molecule has 1 saturated heterocycles. The lowest BCUT2D eigenvalue weighted by atomic mass is 10.2. The molecule has 1 heterocycles. The fraction of sp³-hybridized carbons (Fsp3) is 0.550. The van der Waals surface area contributed by atoms with E-state index in [9.17, 15) is 9.59 Å². The predicted octanol–water partition coefficient (Wildman–Crippen LogP) is 1.45. The number of benzene rings is 1. The minimum absolute atomic E-state index is 0. The highest BCUT2D eigenvalue weighted by Crippen LogP contribution is 2.14. The van der Waals surface area contributed by atoms with Gasteiger partial charge in [0.25, 0.3) is 5.91 Å². The molecule has 0 aliphatic carbocycles. The zero-order valence-electron chi connectivity index (χ0n) is 17.6. The maximum Gasteiger partial charge on any atom is 0.259 e. The average molecular weight is 517 g/mol. The second-order valence-corrected chi connectivity index (χ2v) is 6.97. The van der Waals surface area contributed by atoms with Gasteiger partial charge in [-0.05, 0) is 24.1 Å². The minimum Gasteiger partial charge on any atom is -0.484 e. The van der Waals surface area contributed by atoms with Crippen molar-refractivity contribution in [3.05, 3.63) is 29.8 Å². The molecule has 0 aromatic heterocycles. The molecular formula is C20H32IN5O3. The van der Waals surface area contributed by atoms with E-state index in [2.05, 4.69) is 15.6 Å². The number of nitrogens with one attached hydrogen (secondary N) is 2. The predicted molar refractivity (Wildman–Crippen MR) is 125 cm³/mol. The molecule has 1 atom stereocenters. The molecule has 162 valence electrons. The first-order chi connectivity index (χ1) is 13.4. The summed E-state index contributed by atoms with van der Waals surface area (Å²) in [5.74, 6) is 1.46. The van der Waals surface area contributed by atoms with Gasteiger partial charge < -0.3 is 25.2 Å². The Balaban J connectivity index is 0.00000420. The molecule has 0 radical (unpaired) electrons. The molecule has 2 N–H and O–H groups in total. The largest absolute Gasteiger partial charge is 0.484 e. The molecule has 0 saturated carbocycles. The van der Waals surface area contributed by atoms with Crippen molar-refractivity contribution in [3.63, 3.8) is 0 Å². The van der Waals surface area contributed by atoms with Gasteiger partial charge in [0.1, 0.15) is 5.75 Å². The molecule has 2 rings (SSSR count). The third kappa shape index (κ3) is 8.08. The van der Waals surface area contributed by atoms with Gasteiger partial charge >= 0.3 is 0 Å². The van der Waals surface area contributed by atoms with E-state index in [0.29, 0.717) is 31.2 Å². The number of likely N-dealkylation sites (tertiary alicyclic amines) is 1. The van der Waals surface area contributed by atoms with E-state index >= 15 is 0 Å². The van der Waals surface area contributed by atoms with Crippen molar-refractivity contribution in [2.45, 2.75) is 32.4 Å². The Hall–Kier alpha value is -2.04. The zero-order valence-corrected chi connectivity index (χ0v) is 19.9. The van der Waals surface area contributed by atoms with Gasteiger partial charge in [0.2, 0.25) is 5.91 Å². The summed E-state index contributed by atoms with van der Waals surface area (Å²) in [4.78, 5) is 31.1. The Bertz CT molecular complexity index is 711. The van der Waals surface area contributed by atoms with Crippen molar-refractivity contribution in [2.24, 2.45) is 4.99 Å². The molecular weight excluding hydrogens is 485 g/mol. The van der Waals surface area contributed by atoms with Crippen molar-refractivity contribution in [2.75, 3.05) is 40.8 Å². The second kappa shape index (κ2) is 12.5. The first-order valence-corrected chi connectivity index (χ1v) is 9.59. The van der Waals surface area contributed by atoms with Gasteiger partial charge in [0.15, 0.2) is 12.6 Å². The summed E-state index contributed by atoms with van der Waals surface area (Å²) >= 11 is 0. The number of halogens is 1. The standard InChI is InChI=1S/C20H31N5O3.HI/c1-5-18(26)25-10-9-16(13-25)23-20(21-2)22-12-15-7-6-8-17(11-15)28-14-19(27)24(3)4;/h6-8,11,16H,5,9-10,12-14H2,1-4H3,(H2,21,22,23);1H. The summed E-state index contributed by atoms with van der Waals surface area (Å²) in [5.41, 5.74) is 1.02. The van der Waals surface area contributed by atoms with E-state index in [1.165, 1.54) is 4.90 Å². The van der Waals surface area contributed by atoms with Crippen LogP contribution in [0.5, 0.6) is 5.75 Å². The number of ether oxygens (including phenoxy) is 1. The van der Waals surface area contributed by atoms with E-state index in [-0.39, 0.29) is 48.4 Å². The Morgan fingerprint density at radius 2 is 2.10 bits per heavy atom. The SMILES string of the molecule is CCC(=O)N1CCC(NC(=NC)NCc2cccc(OCC(=O)N(C)C)c2)C1.I. The zero-order chi connectivity index (χ0) is 20.5. The van der Waals surface area contributed by atoms with Crippen LogP contribution in [0.15, 0.2) is 29.3 Å². The minimum atomic E-state index is -0.0831. The third-order valence-corrected chi connectivity index (χ3v) is 4.63. The Labute approximate surface area is 190 Å². The third-order valence-electron chi connectivity index (χ3n) is 4.63. The highest BCUT2D eigenvalue weighted by molar-refractivity contribution is 14.0. The molecule has 1 aliphatic rings. The molecule has 0 bridgehead atoms. The summed E-state index contributed by atoms with van der Waals surface area (Å²) in [5, 5.41) is 6.66. The topological polar surface area (TPSA) is 86.3 Å². The molecule has 1 fully saturated rings. The number of likely N-dealkylation sites (N-methyl/N-ethyl adjacent to an activating group) is 1. The first-order valence-electron chi connectivity index (χ1n) is 9.59. The summed E-state index contributed by atoms with van der Waals surface area (Å²) in [6, 6.07) is 7.82. The lowest BCUT2D eigenvalue weighted by Gasteiger charge is -2.19. The van der Waals surface area contributed by atoms with Crippen LogP contribution in [0, 0.1) is 0 Å². The summed E-state index contributed by atoms with van der Waals surface area (Å²) < 4.78 is 5.55. The summed E-state index contributed by atoms with van der Waals surface area (Å²) in [6.07, 6.45) is 1.45. The van der Waals surface area contributed by atoms with Crippen molar-refractivity contribution in [3.8, 4) is 5.75 Å². The lowest BCUT2D eigenvalue weighted by Crippen LogP contribution is -2.44. The number of aliphatic imine (C=N–C) groups is 1. The summed E-state index contributed by atoms with van der Waals surface area (Å²) in [6.45, 7) is 3.96. The van der Waals surface area contributed by atoms with Gasteiger partial charge in [-0.25, -0.2) is 0 Å². The van der Waals surface area contributed by atoms with Crippen LogP contribution in [0.3, 0.4) is 0 Å². The van der Waals surface area contributed by atoms with Crippen LogP contribution >= 0.6 is 24.0 Å². The van der Waals surface area contributed by atoms with Crippen LogP contribution in [0.4, 0.5) is 0 Å². The van der Waals surface area contributed by atoms with Crippen LogP contribution in [-0.2, 0) is 16.1 Å². The highest BCUT2D eigenvalue weighted by Gasteiger charge is 2.25. The summed E-state index contributed by atoms with van der Waals surface area (Å²) in [7, 11) is 5.13. The van der Waals surface area contributed by atoms with Gasteiger partial charge in [-0.3, -0.25) is 14.6 Å². The fourth-order valence-electron chi connectivity index (χ4n) is 2.92. The molecule has 9 heteroatoms. The average Bonchev–Trinajstić information content (AvgIpc) is 3.17. The number of hydrogen-bond donors (Lipinski definition) is 2. The number of carbonyl (C=O) groups is 2. The van der Waals surface area contributed by atoms with Crippen LogP contribution < -0.4 is 15.4 Å². The maximum absolute atomic E-state index is 11.8. The number of hydrogen-bond acceptors (Lipinski definition) is 4. The molecule has 8 nitrogen and oxygen atoms in total. The molecule has 1 aromatic carbocycles. The van der Waals surface area contributed by atoms with Gasteiger partial charge in [-0.15, -0.1) is 24.0 Å². The Morgan fingerprint density at radius 1 is 1.34 bits per heavy atom.